The van der Waals surface area contributed by atoms with Gasteiger partial charge in [-0.3, -0.25) is 14.4 Å². The monoisotopic (exact) mass is 459 g/mol. The molecule has 1 unspecified atom stereocenters. The lowest BCUT2D eigenvalue weighted by Crippen LogP contribution is -2.55. The number of rotatable bonds is 6. The Bertz CT molecular complexity index is 1120. The van der Waals surface area contributed by atoms with E-state index in [1.807, 2.05) is 6.07 Å². The summed E-state index contributed by atoms with van der Waals surface area (Å²) in [4.78, 5) is 41.1. The molecule has 32 heavy (non-hydrogen) atoms. The van der Waals surface area contributed by atoms with Crippen molar-refractivity contribution >= 4 is 33.4 Å². The summed E-state index contributed by atoms with van der Waals surface area (Å²) in [6.07, 6.45) is -0.190. The Balaban J connectivity index is 1.83. The van der Waals surface area contributed by atoms with Crippen LogP contribution in [0.3, 0.4) is 0 Å². The van der Waals surface area contributed by atoms with Crippen molar-refractivity contribution in [1.29, 1.82) is 0 Å². The van der Waals surface area contributed by atoms with Gasteiger partial charge in [-0.2, -0.15) is 0 Å². The number of nitrogens with zero attached hydrogens (tertiary/aromatic N) is 2. The molecule has 3 amide bonds. The highest BCUT2D eigenvalue weighted by Crippen LogP contribution is 2.30. The normalized spacial score (nSPS) is 16.9. The fourth-order valence-electron chi connectivity index (χ4n) is 3.62. The lowest BCUT2D eigenvalue weighted by molar-refractivity contribution is -0.145. The van der Waals surface area contributed by atoms with Crippen LogP contribution >= 0.6 is 0 Å². The average Bonchev–Trinajstić information content (AvgIpc) is 2.99. The molecule has 9 nitrogen and oxygen atoms in total. The number of primary sulfonamides is 1. The van der Waals surface area contributed by atoms with Crippen LogP contribution in [0, 0.1) is 0 Å². The number of nitrogens with two attached hydrogens (primary N) is 1. The first-order chi connectivity index (χ1) is 14.9. The molecule has 1 aliphatic rings. The van der Waals surface area contributed by atoms with E-state index in [4.69, 9.17) is 9.88 Å². The van der Waals surface area contributed by atoms with Crippen molar-refractivity contribution in [1.82, 2.24) is 4.90 Å². The summed E-state index contributed by atoms with van der Waals surface area (Å²) in [5, 5.41) is 5.10. The van der Waals surface area contributed by atoms with E-state index in [-0.39, 0.29) is 23.6 Å². The van der Waals surface area contributed by atoms with Gasteiger partial charge in [0.25, 0.3) is 11.8 Å². The van der Waals surface area contributed by atoms with E-state index in [2.05, 4.69) is 0 Å². The molecule has 10 heteroatoms. The van der Waals surface area contributed by atoms with Crippen LogP contribution in [-0.4, -0.2) is 49.2 Å². The molecule has 2 N–H and O–H groups in total. The first-order valence-electron chi connectivity index (χ1n) is 9.89. The van der Waals surface area contributed by atoms with E-state index in [0.29, 0.717) is 5.75 Å². The van der Waals surface area contributed by atoms with Crippen molar-refractivity contribution in [2.75, 3.05) is 11.5 Å². The van der Waals surface area contributed by atoms with Gasteiger partial charge in [0, 0.05) is 5.54 Å². The standard InChI is InChI=1S/C22H25N3O6S/c1-22(2,3)25(20(27)14-31-16-7-5-4-6-8-16)18-13-19(26)24(21(18)28)15-9-11-17(12-10-15)32(23,29)30/h4-12,18H,13-14H2,1-3H3,(H2,23,29,30). The lowest BCUT2D eigenvalue weighted by atomic mass is 10.0. The zero-order chi connectivity index (χ0) is 23.7. The summed E-state index contributed by atoms with van der Waals surface area (Å²) in [6, 6.07) is 12.9. The van der Waals surface area contributed by atoms with Crippen molar-refractivity contribution in [2.45, 2.75) is 43.7 Å². The van der Waals surface area contributed by atoms with Crippen molar-refractivity contribution in [3.63, 3.8) is 0 Å². The molecule has 2 aromatic rings. The topological polar surface area (TPSA) is 127 Å². The van der Waals surface area contributed by atoms with E-state index in [0.717, 1.165) is 4.90 Å². The summed E-state index contributed by atoms with van der Waals surface area (Å²) in [5.74, 6) is -0.977. The second kappa shape index (κ2) is 8.71. The van der Waals surface area contributed by atoms with Gasteiger partial charge in [-0.05, 0) is 57.2 Å². The first kappa shape index (κ1) is 23.4. The smallest absolute Gasteiger partial charge is 0.261 e. The number of benzene rings is 2. The summed E-state index contributed by atoms with van der Waals surface area (Å²) < 4.78 is 28.5. The van der Waals surface area contributed by atoms with Gasteiger partial charge in [0.15, 0.2) is 6.61 Å². The molecule has 1 heterocycles. The van der Waals surface area contributed by atoms with E-state index >= 15 is 0 Å². The Hall–Kier alpha value is -3.24. The third-order valence-electron chi connectivity index (χ3n) is 4.95. The summed E-state index contributed by atoms with van der Waals surface area (Å²) >= 11 is 0. The van der Waals surface area contributed by atoms with Crippen LogP contribution in [0.5, 0.6) is 5.75 Å². The van der Waals surface area contributed by atoms with Crippen molar-refractivity contribution in [3.05, 3.63) is 54.6 Å². The molecule has 1 saturated heterocycles. The highest BCUT2D eigenvalue weighted by Gasteiger charge is 2.47. The van der Waals surface area contributed by atoms with E-state index in [9.17, 15) is 22.8 Å². The summed E-state index contributed by atoms with van der Waals surface area (Å²) in [7, 11) is -3.91. The van der Waals surface area contributed by atoms with Crippen LogP contribution in [-0.2, 0) is 24.4 Å². The Labute approximate surface area is 186 Å². The Kier molecular flexibility index (Phi) is 6.38. The van der Waals surface area contributed by atoms with Gasteiger partial charge in [0.05, 0.1) is 17.0 Å². The quantitative estimate of drug-likeness (QED) is 0.655. The molecule has 1 aliphatic heterocycles. The van der Waals surface area contributed by atoms with Gasteiger partial charge in [0.1, 0.15) is 11.8 Å². The number of hydrogen-bond donors (Lipinski definition) is 1. The fraction of sp³-hybridized carbons (Fsp3) is 0.318. The van der Waals surface area contributed by atoms with Gasteiger partial charge in [-0.1, -0.05) is 18.2 Å². The molecular formula is C22H25N3O6S. The molecule has 0 bridgehead atoms. The van der Waals surface area contributed by atoms with Gasteiger partial charge in [-0.25, -0.2) is 18.5 Å². The molecule has 0 radical (unpaired) electrons. The highest BCUT2D eigenvalue weighted by molar-refractivity contribution is 7.89. The van der Waals surface area contributed by atoms with Crippen LogP contribution in [0.2, 0.25) is 0 Å². The minimum absolute atomic E-state index is 0.138. The largest absolute Gasteiger partial charge is 0.484 e. The number of ether oxygens (including phenoxy) is 1. The third-order valence-corrected chi connectivity index (χ3v) is 5.88. The number of anilines is 1. The van der Waals surface area contributed by atoms with Crippen molar-refractivity contribution in [2.24, 2.45) is 5.14 Å². The molecule has 1 atom stereocenters. The molecule has 0 saturated carbocycles. The number of hydrogen-bond acceptors (Lipinski definition) is 6. The van der Waals surface area contributed by atoms with Gasteiger partial charge in [-0.15, -0.1) is 0 Å². The number of sulfonamides is 1. The SMILES string of the molecule is CC(C)(C)N(C(=O)COc1ccccc1)C1CC(=O)N(c2ccc(S(N)(=O)=O)cc2)C1=O. The third kappa shape index (κ3) is 4.97. The molecule has 0 aliphatic carbocycles. The average molecular weight is 460 g/mol. The fourth-order valence-corrected chi connectivity index (χ4v) is 4.14. The molecule has 0 aromatic heterocycles. The number of carbonyl (C=O) groups excluding carboxylic acids is 3. The van der Waals surface area contributed by atoms with Crippen LogP contribution in [0.25, 0.3) is 0 Å². The van der Waals surface area contributed by atoms with E-state index in [1.54, 1.807) is 45.0 Å². The predicted molar refractivity (Wildman–Crippen MR) is 117 cm³/mol. The maximum atomic E-state index is 13.2. The summed E-state index contributed by atoms with van der Waals surface area (Å²) in [6.45, 7) is 5.03. The number of imide groups is 1. The highest BCUT2D eigenvalue weighted by atomic mass is 32.2. The van der Waals surface area contributed by atoms with Gasteiger partial charge < -0.3 is 9.64 Å². The van der Waals surface area contributed by atoms with E-state index in [1.165, 1.54) is 29.2 Å². The maximum absolute atomic E-state index is 13.2. The van der Waals surface area contributed by atoms with Crippen LogP contribution < -0.4 is 14.8 Å². The minimum Gasteiger partial charge on any atom is -0.484 e. The molecule has 1 fully saturated rings. The molecule has 3 rings (SSSR count). The Morgan fingerprint density at radius 2 is 1.69 bits per heavy atom. The second-order valence-corrected chi connectivity index (χ2v) is 9.92. The zero-order valence-electron chi connectivity index (χ0n) is 18.0. The van der Waals surface area contributed by atoms with Crippen molar-refractivity contribution in [3.8, 4) is 5.75 Å². The Morgan fingerprint density at radius 3 is 2.22 bits per heavy atom. The van der Waals surface area contributed by atoms with Crippen LogP contribution in [0.15, 0.2) is 59.5 Å². The predicted octanol–water partition coefficient (Wildman–Crippen LogP) is 1.67. The van der Waals surface area contributed by atoms with Crippen LogP contribution in [0.1, 0.15) is 27.2 Å². The second-order valence-electron chi connectivity index (χ2n) is 8.36. The van der Waals surface area contributed by atoms with Crippen molar-refractivity contribution < 1.29 is 27.5 Å². The zero-order valence-corrected chi connectivity index (χ0v) is 18.8. The molecular weight excluding hydrogens is 434 g/mol. The minimum atomic E-state index is -3.91. The molecule has 2 aromatic carbocycles. The molecule has 0 spiro atoms. The van der Waals surface area contributed by atoms with Gasteiger partial charge in [0.2, 0.25) is 15.9 Å². The lowest BCUT2D eigenvalue weighted by Gasteiger charge is -2.39. The van der Waals surface area contributed by atoms with Gasteiger partial charge >= 0.3 is 0 Å². The summed E-state index contributed by atoms with van der Waals surface area (Å²) in [5.41, 5.74) is -0.553. The van der Waals surface area contributed by atoms with Crippen LogP contribution in [0.4, 0.5) is 5.69 Å². The first-order valence-corrected chi connectivity index (χ1v) is 11.4. The number of carbonyl (C=O) groups is 3. The van der Waals surface area contributed by atoms with E-state index < -0.39 is 39.3 Å². The maximum Gasteiger partial charge on any atom is 0.261 e. The number of amides is 3. The Morgan fingerprint density at radius 1 is 1.09 bits per heavy atom. The number of para-hydroxylation sites is 1. The molecule has 170 valence electrons.